The number of aromatic carboxylic acids is 1. The van der Waals surface area contributed by atoms with E-state index in [0.29, 0.717) is 28.4 Å². The molecular weight excluding hydrogens is 615 g/mol. The Labute approximate surface area is 294 Å². The molecule has 6 fully saturated rings. The Hall–Kier alpha value is -1.38. The van der Waals surface area contributed by atoms with E-state index in [4.69, 9.17) is 23.1 Å². The second-order valence-electron chi connectivity index (χ2n) is 18.2. The maximum absolute atomic E-state index is 11.5. The minimum absolute atomic E-state index is 0.0245. The summed E-state index contributed by atoms with van der Waals surface area (Å²) >= 11 is 5.96. The molecule has 4 N–H and O–H groups in total. The second kappa shape index (κ2) is 11.8. The van der Waals surface area contributed by atoms with Gasteiger partial charge in [0.2, 0.25) is 0 Å². The van der Waals surface area contributed by atoms with Crippen molar-refractivity contribution >= 4 is 24.2 Å². The number of hydrogen-bond acceptors (Lipinski definition) is 6. The standard InChI is InChI=1S/C41H61N3O3S/c1-4-39-16-13-30(28-7-9-29(10-8-28)35(45)46)37(3,42)33(39)14-17-41(48)34(39)12-11-31-32-6-5-15-40(32,19-18-36(31,41)2)43-22-25-44-23-20-38(21-24-44)26-47-27-38/h7-10,13,31-34,43,48H,4-6,11-12,14-27,42H2,1-3H3,(H,45,46)/t31?,32-,33?,34?,36-,37?,39+,40+,41+/m1/s1. The molecule has 7 aliphatic rings. The van der Waals surface area contributed by atoms with Crippen molar-refractivity contribution in [2.75, 3.05) is 39.4 Å². The molecule has 0 aromatic heterocycles. The van der Waals surface area contributed by atoms with E-state index in [0.717, 1.165) is 62.8 Å². The number of rotatable bonds is 7. The molecular formula is C41H61N3O3S. The number of allylic oxidation sites excluding steroid dienone is 1. The Morgan fingerprint density at radius 3 is 2.40 bits per heavy atom. The van der Waals surface area contributed by atoms with Gasteiger partial charge >= 0.3 is 5.97 Å². The predicted molar refractivity (Wildman–Crippen MR) is 196 cm³/mol. The lowest BCUT2D eigenvalue weighted by molar-refractivity contribution is -0.147. The van der Waals surface area contributed by atoms with Crippen molar-refractivity contribution in [1.82, 2.24) is 10.2 Å². The molecule has 7 heteroatoms. The van der Waals surface area contributed by atoms with Crippen LogP contribution in [-0.4, -0.2) is 71.2 Å². The third-order valence-electron chi connectivity index (χ3n) is 16.5. The van der Waals surface area contributed by atoms with Crippen LogP contribution >= 0.6 is 12.6 Å². The Morgan fingerprint density at radius 2 is 1.73 bits per heavy atom. The highest BCUT2D eigenvalue weighted by Crippen LogP contribution is 2.74. The number of nitrogens with zero attached hydrogens (tertiary/aromatic N) is 1. The third kappa shape index (κ3) is 4.83. The SMILES string of the molecule is CC[C@]12CC=C(c3ccc(C(=O)O)cc3)C(C)(N)C1CC[C@]1(S)C2CCC2[C@H]3CCC[C@]3(NCCN3CCC4(CC3)COC4)CC[C@]21C. The Balaban J connectivity index is 1.01. The first-order valence-electron chi connectivity index (χ1n) is 19.5. The molecule has 0 amide bonds. The van der Waals surface area contributed by atoms with Gasteiger partial charge in [-0.25, -0.2) is 4.79 Å². The van der Waals surface area contributed by atoms with Gasteiger partial charge < -0.3 is 25.8 Å². The number of thiol groups is 1. The number of benzene rings is 1. The molecule has 1 aromatic rings. The average molecular weight is 676 g/mol. The first kappa shape index (κ1) is 33.7. The summed E-state index contributed by atoms with van der Waals surface area (Å²) in [6, 6.07) is 7.39. The van der Waals surface area contributed by atoms with Crippen LogP contribution in [0.3, 0.4) is 0 Å². The van der Waals surface area contributed by atoms with E-state index >= 15 is 0 Å². The summed E-state index contributed by atoms with van der Waals surface area (Å²) in [6.07, 6.45) is 18.8. The van der Waals surface area contributed by atoms with E-state index in [9.17, 15) is 9.90 Å². The Morgan fingerprint density at radius 1 is 0.979 bits per heavy atom. The van der Waals surface area contributed by atoms with E-state index in [1.54, 1.807) is 12.1 Å². The average Bonchev–Trinajstić information content (AvgIpc) is 3.48. The van der Waals surface area contributed by atoms with Crippen LogP contribution in [0.25, 0.3) is 5.57 Å². The fourth-order valence-electron chi connectivity index (χ4n) is 13.7. The molecule has 6 nitrogen and oxygen atoms in total. The normalized spacial score (nSPS) is 44.9. The molecule has 2 saturated heterocycles. The topological polar surface area (TPSA) is 87.8 Å². The maximum atomic E-state index is 11.5. The highest BCUT2D eigenvalue weighted by molar-refractivity contribution is 7.81. The van der Waals surface area contributed by atoms with Crippen molar-refractivity contribution in [3.63, 3.8) is 0 Å². The molecule has 1 aromatic carbocycles. The summed E-state index contributed by atoms with van der Waals surface area (Å²) in [6.45, 7) is 14.1. The third-order valence-corrected chi connectivity index (χ3v) is 17.6. The molecule has 0 bridgehead atoms. The van der Waals surface area contributed by atoms with Crippen molar-refractivity contribution in [1.29, 1.82) is 0 Å². The van der Waals surface area contributed by atoms with Gasteiger partial charge in [-0.05, 0) is 155 Å². The van der Waals surface area contributed by atoms with Crippen LogP contribution in [-0.2, 0) is 4.74 Å². The number of fused-ring (bicyclic) bond motifs is 7. The number of nitrogens with one attached hydrogen (secondary N) is 1. The monoisotopic (exact) mass is 675 g/mol. The number of ether oxygens (including phenoxy) is 1. The minimum atomic E-state index is -0.884. The largest absolute Gasteiger partial charge is 0.478 e. The second-order valence-corrected chi connectivity index (χ2v) is 19.0. The summed E-state index contributed by atoms with van der Waals surface area (Å²) in [4.78, 5) is 14.2. The van der Waals surface area contributed by atoms with Gasteiger partial charge in [-0.1, -0.05) is 38.5 Å². The van der Waals surface area contributed by atoms with E-state index < -0.39 is 11.5 Å². The molecule has 9 atom stereocenters. The van der Waals surface area contributed by atoms with Gasteiger partial charge in [0.05, 0.1) is 18.8 Å². The summed E-state index contributed by atoms with van der Waals surface area (Å²) in [5.74, 6) is 1.56. The zero-order chi connectivity index (χ0) is 33.6. The number of carboxylic acids is 1. The molecule has 48 heavy (non-hydrogen) atoms. The fraction of sp³-hybridized carbons (Fsp3) is 0.780. The van der Waals surface area contributed by atoms with Gasteiger partial charge in [0.15, 0.2) is 0 Å². The summed E-state index contributed by atoms with van der Waals surface area (Å²) in [5, 5.41) is 13.8. The van der Waals surface area contributed by atoms with Crippen molar-refractivity contribution < 1.29 is 14.6 Å². The summed E-state index contributed by atoms with van der Waals surface area (Å²) in [7, 11) is 0. The quantitative estimate of drug-likeness (QED) is 0.225. The molecule has 2 aliphatic heterocycles. The van der Waals surface area contributed by atoms with Crippen LogP contribution in [0.2, 0.25) is 0 Å². The van der Waals surface area contributed by atoms with Gasteiger partial charge in [-0.3, -0.25) is 0 Å². The number of carbonyl (C=O) groups is 1. The Bertz CT molecular complexity index is 1430. The number of piperidine rings is 1. The van der Waals surface area contributed by atoms with E-state index in [-0.39, 0.29) is 15.6 Å². The highest BCUT2D eigenvalue weighted by Gasteiger charge is 2.70. The summed E-state index contributed by atoms with van der Waals surface area (Å²) in [5.41, 5.74) is 10.8. The van der Waals surface area contributed by atoms with Crippen molar-refractivity contribution in [3.05, 3.63) is 41.5 Å². The molecule has 4 unspecified atom stereocenters. The first-order chi connectivity index (χ1) is 22.9. The lowest BCUT2D eigenvalue weighted by Crippen LogP contribution is -2.71. The van der Waals surface area contributed by atoms with Crippen LogP contribution in [0.1, 0.15) is 120 Å². The van der Waals surface area contributed by atoms with Crippen LogP contribution < -0.4 is 11.1 Å². The van der Waals surface area contributed by atoms with Crippen LogP contribution in [0, 0.1) is 39.9 Å². The van der Waals surface area contributed by atoms with Gasteiger partial charge in [0.25, 0.3) is 0 Å². The molecule has 2 heterocycles. The number of likely N-dealkylation sites (tertiary alicyclic amines) is 1. The molecule has 1 spiro atoms. The van der Waals surface area contributed by atoms with Crippen molar-refractivity contribution in [2.24, 2.45) is 45.7 Å². The molecule has 4 saturated carbocycles. The van der Waals surface area contributed by atoms with Crippen LogP contribution in [0.5, 0.6) is 0 Å². The first-order valence-corrected chi connectivity index (χ1v) is 20.0. The Kier molecular flexibility index (Phi) is 8.32. The van der Waals surface area contributed by atoms with Gasteiger partial charge in [0, 0.05) is 34.3 Å². The number of carboxylic acid groups (broad SMARTS) is 1. The van der Waals surface area contributed by atoms with Crippen LogP contribution in [0.4, 0.5) is 0 Å². The molecule has 264 valence electrons. The smallest absolute Gasteiger partial charge is 0.335 e. The zero-order valence-corrected chi connectivity index (χ0v) is 30.8. The maximum Gasteiger partial charge on any atom is 0.335 e. The van der Waals surface area contributed by atoms with Crippen molar-refractivity contribution in [2.45, 2.75) is 120 Å². The van der Waals surface area contributed by atoms with Gasteiger partial charge in [-0.15, -0.1) is 0 Å². The van der Waals surface area contributed by atoms with Crippen LogP contribution in [0.15, 0.2) is 30.3 Å². The van der Waals surface area contributed by atoms with E-state index in [1.807, 2.05) is 12.1 Å². The number of nitrogens with two attached hydrogens (primary N) is 1. The van der Waals surface area contributed by atoms with Gasteiger partial charge in [-0.2, -0.15) is 12.6 Å². The highest BCUT2D eigenvalue weighted by atomic mass is 32.1. The molecule has 5 aliphatic carbocycles. The summed E-state index contributed by atoms with van der Waals surface area (Å²) < 4.78 is 5.59. The minimum Gasteiger partial charge on any atom is -0.478 e. The van der Waals surface area contributed by atoms with Crippen molar-refractivity contribution in [3.8, 4) is 0 Å². The van der Waals surface area contributed by atoms with E-state index in [1.165, 1.54) is 83.0 Å². The number of hydrogen-bond donors (Lipinski definition) is 4. The molecule has 8 rings (SSSR count). The lowest BCUT2D eigenvalue weighted by atomic mass is 9.37. The lowest BCUT2D eigenvalue weighted by Gasteiger charge is -2.72. The van der Waals surface area contributed by atoms with E-state index in [2.05, 4.69) is 37.1 Å². The zero-order valence-electron chi connectivity index (χ0n) is 29.9. The fourth-order valence-corrected chi connectivity index (χ4v) is 14.5. The predicted octanol–water partition coefficient (Wildman–Crippen LogP) is 7.43. The molecule has 0 radical (unpaired) electrons. The van der Waals surface area contributed by atoms with Gasteiger partial charge in [0.1, 0.15) is 0 Å².